The lowest BCUT2D eigenvalue weighted by atomic mass is 10.1. The fourth-order valence-corrected chi connectivity index (χ4v) is 2.67. The quantitative estimate of drug-likeness (QED) is 0.569. The summed E-state index contributed by atoms with van der Waals surface area (Å²) in [7, 11) is 1.84. The van der Waals surface area contributed by atoms with Gasteiger partial charge in [-0.2, -0.15) is 0 Å². The molecule has 6 nitrogen and oxygen atoms in total. The van der Waals surface area contributed by atoms with E-state index in [4.69, 9.17) is 9.72 Å². The van der Waals surface area contributed by atoms with Crippen LogP contribution in [-0.4, -0.2) is 47.4 Å². The first kappa shape index (κ1) is 19.1. The number of aliphatic hydroxyl groups is 1. The van der Waals surface area contributed by atoms with Gasteiger partial charge in [-0.05, 0) is 36.4 Å². The van der Waals surface area contributed by atoms with E-state index in [-0.39, 0.29) is 6.61 Å². The lowest BCUT2D eigenvalue weighted by molar-refractivity contribution is 0.105. The molecule has 3 N–H and O–H groups in total. The van der Waals surface area contributed by atoms with Gasteiger partial charge in [-0.3, -0.25) is 0 Å². The molecule has 2 heterocycles. The van der Waals surface area contributed by atoms with Gasteiger partial charge in [-0.15, -0.1) is 0 Å². The summed E-state index contributed by atoms with van der Waals surface area (Å²) in [6.07, 6.45) is 1.26. The molecule has 0 saturated heterocycles. The van der Waals surface area contributed by atoms with Crippen molar-refractivity contribution < 1.29 is 9.84 Å². The van der Waals surface area contributed by atoms with E-state index in [9.17, 15) is 5.11 Å². The van der Waals surface area contributed by atoms with Crippen LogP contribution in [-0.2, 0) is 0 Å². The number of pyridine rings is 2. The molecule has 1 aromatic carbocycles. The fourth-order valence-electron chi connectivity index (χ4n) is 2.67. The number of fused-ring (bicyclic) bond motifs is 1. The Hall–Kier alpha value is -2.70. The highest BCUT2D eigenvalue weighted by atomic mass is 16.5. The van der Waals surface area contributed by atoms with Crippen molar-refractivity contribution in [2.75, 3.05) is 25.5 Å². The highest BCUT2D eigenvalue weighted by molar-refractivity contribution is 5.82. The van der Waals surface area contributed by atoms with E-state index in [0.717, 1.165) is 33.7 Å². The average Bonchev–Trinajstić information content (AvgIpc) is 2.70. The molecule has 27 heavy (non-hydrogen) atoms. The van der Waals surface area contributed by atoms with Gasteiger partial charge in [0, 0.05) is 36.8 Å². The molecule has 0 aliphatic rings. The number of nitrogens with one attached hydrogen (secondary N) is 2. The Kier molecular flexibility index (Phi) is 6.21. The van der Waals surface area contributed by atoms with E-state index in [1.807, 2.05) is 69.6 Å². The third kappa shape index (κ3) is 5.15. The summed E-state index contributed by atoms with van der Waals surface area (Å²) < 4.78 is 5.71. The Labute approximate surface area is 159 Å². The van der Waals surface area contributed by atoms with Crippen LogP contribution in [0.25, 0.3) is 22.2 Å². The van der Waals surface area contributed by atoms with Crippen LogP contribution in [0.5, 0.6) is 5.75 Å². The normalized spacial score (nSPS) is 12.3. The van der Waals surface area contributed by atoms with Crippen molar-refractivity contribution in [2.24, 2.45) is 0 Å². The van der Waals surface area contributed by atoms with Crippen molar-refractivity contribution in [3.8, 4) is 17.0 Å². The molecule has 0 bridgehead atoms. The molecule has 0 amide bonds. The number of rotatable bonds is 8. The Morgan fingerprint density at radius 3 is 2.67 bits per heavy atom. The molecular weight excluding hydrogens is 340 g/mol. The number of nitrogens with zero attached hydrogens (tertiary/aromatic N) is 2. The van der Waals surface area contributed by atoms with Crippen LogP contribution in [0.3, 0.4) is 0 Å². The van der Waals surface area contributed by atoms with Crippen molar-refractivity contribution in [3.05, 3.63) is 48.7 Å². The monoisotopic (exact) mass is 366 g/mol. The van der Waals surface area contributed by atoms with Gasteiger partial charge in [-0.25, -0.2) is 9.97 Å². The number of ether oxygens (including phenoxy) is 1. The van der Waals surface area contributed by atoms with Crippen molar-refractivity contribution in [1.29, 1.82) is 0 Å². The first-order valence-corrected chi connectivity index (χ1v) is 9.14. The summed E-state index contributed by atoms with van der Waals surface area (Å²) >= 11 is 0. The maximum absolute atomic E-state index is 9.96. The molecule has 0 fully saturated rings. The predicted octanol–water partition coefficient (Wildman–Crippen LogP) is 3.08. The van der Waals surface area contributed by atoms with Crippen molar-refractivity contribution in [3.63, 3.8) is 0 Å². The van der Waals surface area contributed by atoms with Gasteiger partial charge in [0.25, 0.3) is 0 Å². The SMILES string of the molecule is CNc1ccc(-c2ccc3cc(OC[C@H](O)CNC(C)C)ccc3n2)cn1. The standard InChI is InChI=1S/C21H26N4O2/c1-14(2)23-12-17(26)13-27-18-6-8-19-15(10-18)4-7-20(25-19)16-5-9-21(22-3)24-11-16/h4-11,14,17,23,26H,12-13H2,1-3H3,(H,22,24)/t17-/m1/s1. The first-order chi connectivity index (χ1) is 13.0. The summed E-state index contributed by atoms with van der Waals surface area (Å²) in [4.78, 5) is 9.05. The summed E-state index contributed by atoms with van der Waals surface area (Å²) in [5.41, 5.74) is 2.73. The van der Waals surface area contributed by atoms with Crippen LogP contribution in [0, 0.1) is 0 Å². The van der Waals surface area contributed by atoms with Crippen molar-refractivity contribution in [2.45, 2.75) is 26.0 Å². The number of aromatic nitrogens is 2. The maximum atomic E-state index is 9.96. The highest BCUT2D eigenvalue weighted by Crippen LogP contribution is 2.24. The smallest absolute Gasteiger partial charge is 0.125 e. The second kappa shape index (κ2) is 8.79. The Bertz CT molecular complexity index is 881. The number of hydrogen-bond acceptors (Lipinski definition) is 6. The molecule has 0 aliphatic heterocycles. The molecular formula is C21H26N4O2. The van der Waals surface area contributed by atoms with Crippen molar-refractivity contribution >= 4 is 16.7 Å². The number of anilines is 1. The Morgan fingerprint density at radius 2 is 1.96 bits per heavy atom. The Balaban J connectivity index is 1.69. The minimum atomic E-state index is -0.545. The van der Waals surface area contributed by atoms with Crippen LogP contribution < -0.4 is 15.4 Å². The van der Waals surface area contributed by atoms with E-state index < -0.39 is 6.10 Å². The largest absolute Gasteiger partial charge is 0.491 e. The second-order valence-corrected chi connectivity index (χ2v) is 6.76. The molecule has 0 unspecified atom stereocenters. The molecule has 0 spiro atoms. The molecule has 1 atom stereocenters. The van der Waals surface area contributed by atoms with Gasteiger partial charge in [0.2, 0.25) is 0 Å². The summed E-state index contributed by atoms with van der Waals surface area (Å²) in [6, 6.07) is 14.0. The van der Waals surface area contributed by atoms with Gasteiger partial charge in [0.15, 0.2) is 0 Å². The van der Waals surface area contributed by atoms with Gasteiger partial charge in [-0.1, -0.05) is 19.9 Å². The fraction of sp³-hybridized carbons (Fsp3) is 0.333. The third-order valence-electron chi connectivity index (χ3n) is 4.18. The third-order valence-corrected chi connectivity index (χ3v) is 4.18. The van der Waals surface area contributed by atoms with Gasteiger partial charge in [0.05, 0.1) is 11.2 Å². The van der Waals surface area contributed by atoms with E-state index in [1.165, 1.54) is 0 Å². The number of benzene rings is 1. The minimum Gasteiger partial charge on any atom is -0.491 e. The molecule has 2 aromatic heterocycles. The lowest BCUT2D eigenvalue weighted by Crippen LogP contribution is -2.35. The molecule has 0 saturated carbocycles. The van der Waals surface area contributed by atoms with E-state index in [1.54, 1.807) is 0 Å². The summed E-state index contributed by atoms with van der Waals surface area (Å²) in [5, 5.41) is 17.2. The van der Waals surface area contributed by atoms with Gasteiger partial charge < -0.3 is 20.5 Å². The van der Waals surface area contributed by atoms with Gasteiger partial charge >= 0.3 is 0 Å². The zero-order valence-corrected chi connectivity index (χ0v) is 15.9. The molecule has 6 heteroatoms. The second-order valence-electron chi connectivity index (χ2n) is 6.76. The number of aliphatic hydroxyl groups excluding tert-OH is 1. The predicted molar refractivity (Wildman–Crippen MR) is 109 cm³/mol. The lowest BCUT2D eigenvalue weighted by Gasteiger charge is -2.15. The van der Waals surface area contributed by atoms with Crippen LogP contribution >= 0.6 is 0 Å². The molecule has 3 aromatic rings. The zero-order chi connectivity index (χ0) is 19.2. The molecule has 3 rings (SSSR count). The van der Waals surface area contributed by atoms with Crippen LogP contribution in [0.2, 0.25) is 0 Å². The van der Waals surface area contributed by atoms with Crippen LogP contribution in [0.4, 0.5) is 5.82 Å². The van der Waals surface area contributed by atoms with Gasteiger partial charge in [0.1, 0.15) is 24.3 Å². The van der Waals surface area contributed by atoms with Crippen LogP contribution in [0.15, 0.2) is 48.7 Å². The average molecular weight is 366 g/mol. The van der Waals surface area contributed by atoms with E-state index >= 15 is 0 Å². The van der Waals surface area contributed by atoms with E-state index in [0.29, 0.717) is 12.6 Å². The molecule has 0 radical (unpaired) electrons. The maximum Gasteiger partial charge on any atom is 0.125 e. The Morgan fingerprint density at radius 1 is 1.11 bits per heavy atom. The highest BCUT2D eigenvalue weighted by Gasteiger charge is 2.08. The minimum absolute atomic E-state index is 0.250. The summed E-state index contributed by atoms with van der Waals surface area (Å²) in [5.74, 6) is 1.55. The molecule has 142 valence electrons. The molecule has 0 aliphatic carbocycles. The topological polar surface area (TPSA) is 79.3 Å². The summed E-state index contributed by atoms with van der Waals surface area (Å²) in [6.45, 7) is 4.85. The number of hydrogen-bond donors (Lipinski definition) is 3. The zero-order valence-electron chi connectivity index (χ0n) is 15.9. The van der Waals surface area contributed by atoms with Crippen molar-refractivity contribution in [1.82, 2.24) is 15.3 Å². The van der Waals surface area contributed by atoms with E-state index in [2.05, 4.69) is 15.6 Å². The van der Waals surface area contributed by atoms with Crippen LogP contribution in [0.1, 0.15) is 13.8 Å². The first-order valence-electron chi connectivity index (χ1n) is 9.14.